The van der Waals surface area contributed by atoms with Crippen LogP contribution in [0.4, 0.5) is 0 Å². The highest BCUT2D eigenvalue weighted by Gasteiger charge is 2.27. The third-order valence-corrected chi connectivity index (χ3v) is 4.16. The molecule has 1 heterocycles. The van der Waals surface area contributed by atoms with Gasteiger partial charge in [0, 0.05) is 11.0 Å². The number of ketones is 1. The molecule has 4 heteroatoms. The average molecular weight is 296 g/mol. The molecule has 0 fully saturated rings. The molecular weight excluding hydrogens is 280 g/mol. The van der Waals surface area contributed by atoms with E-state index in [0.717, 1.165) is 16.5 Å². The summed E-state index contributed by atoms with van der Waals surface area (Å²) in [5.74, 6) is 0.00623. The van der Waals surface area contributed by atoms with E-state index in [1.807, 2.05) is 63.2 Å². The van der Waals surface area contributed by atoms with Crippen molar-refractivity contribution in [2.45, 2.75) is 26.2 Å². The summed E-state index contributed by atoms with van der Waals surface area (Å²) in [4.78, 5) is 13.6. The molecule has 0 unspecified atom stereocenters. The number of fused-ring (bicyclic) bond motifs is 1. The molecule has 0 bridgehead atoms. The largest absolute Gasteiger partial charge is 0.288 e. The molecule has 106 valence electrons. The highest BCUT2D eigenvalue weighted by atomic mass is 32.1. The molecule has 1 aromatic heterocycles. The van der Waals surface area contributed by atoms with Gasteiger partial charge in [-0.15, -0.1) is 5.10 Å². The first-order chi connectivity index (χ1) is 9.98. The van der Waals surface area contributed by atoms with Crippen LogP contribution < -0.4 is 0 Å². The van der Waals surface area contributed by atoms with E-state index in [4.69, 9.17) is 0 Å². The van der Waals surface area contributed by atoms with E-state index in [-0.39, 0.29) is 11.2 Å². The molecular formula is C17H16N2OS. The lowest BCUT2D eigenvalue weighted by molar-refractivity contribution is 0.104. The fourth-order valence-electron chi connectivity index (χ4n) is 2.38. The molecule has 21 heavy (non-hydrogen) atoms. The van der Waals surface area contributed by atoms with Crippen molar-refractivity contribution in [3.05, 3.63) is 58.6 Å². The first kappa shape index (κ1) is 13.9. The van der Waals surface area contributed by atoms with Crippen molar-refractivity contribution in [2.24, 2.45) is 0 Å². The van der Waals surface area contributed by atoms with Gasteiger partial charge in [-0.3, -0.25) is 4.79 Å². The third-order valence-electron chi connectivity index (χ3n) is 3.44. The van der Waals surface area contributed by atoms with Crippen LogP contribution in [0.25, 0.3) is 10.8 Å². The number of carbonyl (C=O) groups is 1. The molecule has 2 aromatic carbocycles. The maximum Gasteiger partial charge on any atom is 0.207 e. The predicted octanol–water partition coefficient (Wildman–Crippen LogP) is 4.22. The minimum Gasteiger partial charge on any atom is -0.288 e. The van der Waals surface area contributed by atoms with Crippen molar-refractivity contribution in [3.63, 3.8) is 0 Å². The van der Waals surface area contributed by atoms with Crippen molar-refractivity contribution in [1.82, 2.24) is 9.59 Å². The molecule has 3 aromatic rings. The minimum atomic E-state index is -0.192. The fourth-order valence-corrected chi connectivity index (χ4v) is 3.21. The number of rotatable bonds is 2. The molecule has 0 atom stereocenters. The highest BCUT2D eigenvalue weighted by molar-refractivity contribution is 7.08. The molecule has 0 amide bonds. The van der Waals surface area contributed by atoms with Crippen LogP contribution in [0, 0.1) is 0 Å². The van der Waals surface area contributed by atoms with Gasteiger partial charge in [0.1, 0.15) is 4.88 Å². The zero-order valence-electron chi connectivity index (χ0n) is 12.3. The zero-order valence-corrected chi connectivity index (χ0v) is 13.1. The smallest absolute Gasteiger partial charge is 0.207 e. The summed E-state index contributed by atoms with van der Waals surface area (Å²) < 4.78 is 3.99. The van der Waals surface area contributed by atoms with Crippen molar-refractivity contribution in [2.75, 3.05) is 0 Å². The lowest BCUT2D eigenvalue weighted by Crippen LogP contribution is -2.16. The maximum atomic E-state index is 12.9. The van der Waals surface area contributed by atoms with Gasteiger partial charge in [0.15, 0.2) is 0 Å². The van der Waals surface area contributed by atoms with Crippen LogP contribution >= 0.6 is 11.5 Å². The molecule has 0 aliphatic carbocycles. The minimum absolute atomic E-state index is 0.00623. The Bertz CT molecular complexity index is 810. The number of carbonyl (C=O) groups excluding carboxylic acids is 1. The lowest BCUT2D eigenvalue weighted by atomic mass is 9.89. The molecule has 0 N–H and O–H groups in total. The summed E-state index contributed by atoms with van der Waals surface area (Å²) in [6.45, 7) is 6.14. The molecule has 0 saturated heterocycles. The Morgan fingerprint density at radius 2 is 1.76 bits per heavy atom. The Morgan fingerprint density at radius 3 is 2.52 bits per heavy atom. The standard InChI is InChI=1S/C17H16N2OS/c1-17(2,3)16-15(21-19-18-16)14(20)13-10-6-8-11-7-4-5-9-12(11)13/h4-10H,1-3H3. The Hall–Kier alpha value is -2.07. The number of benzene rings is 2. The summed E-state index contributed by atoms with van der Waals surface area (Å²) >= 11 is 1.18. The van der Waals surface area contributed by atoms with Crippen molar-refractivity contribution < 1.29 is 4.79 Å². The molecule has 0 radical (unpaired) electrons. The number of aromatic nitrogens is 2. The van der Waals surface area contributed by atoms with Crippen molar-refractivity contribution in [3.8, 4) is 0 Å². The Morgan fingerprint density at radius 1 is 1.05 bits per heavy atom. The van der Waals surface area contributed by atoms with Crippen molar-refractivity contribution >= 4 is 28.1 Å². The first-order valence-corrected chi connectivity index (χ1v) is 7.61. The quantitative estimate of drug-likeness (QED) is 0.665. The van der Waals surface area contributed by atoms with Crippen LogP contribution in [0.3, 0.4) is 0 Å². The van der Waals surface area contributed by atoms with Crippen LogP contribution in [-0.4, -0.2) is 15.4 Å². The number of nitrogens with zero attached hydrogens (tertiary/aromatic N) is 2. The van der Waals surface area contributed by atoms with E-state index in [0.29, 0.717) is 10.4 Å². The van der Waals surface area contributed by atoms with Gasteiger partial charge in [-0.2, -0.15) is 0 Å². The normalized spacial score (nSPS) is 11.8. The van der Waals surface area contributed by atoms with Crippen molar-refractivity contribution in [1.29, 1.82) is 0 Å². The van der Waals surface area contributed by atoms with E-state index in [2.05, 4.69) is 9.59 Å². The summed E-state index contributed by atoms with van der Waals surface area (Å²) in [7, 11) is 0. The molecule has 3 rings (SSSR count). The highest BCUT2D eigenvalue weighted by Crippen LogP contribution is 2.29. The van der Waals surface area contributed by atoms with E-state index in [9.17, 15) is 4.79 Å². The number of hydrogen-bond acceptors (Lipinski definition) is 4. The van der Waals surface area contributed by atoms with Gasteiger partial charge in [-0.1, -0.05) is 67.7 Å². The second-order valence-corrected chi connectivity index (χ2v) is 6.81. The Labute approximate surface area is 127 Å². The molecule has 0 spiro atoms. The summed E-state index contributed by atoms with van der Waals surface area (Å²) in [6.07, 6.45) is 0. The summed E-state index contributed by atoms with van der Waals surface area (Å²) in [5, 5.41) is 6.20. The third kappa shape index (κ3) is 2.47. The van der Waals surface area contributed by atoms with Gasteiger partial charge < -0.3 is 0 Å². The van der Waals surface area contributed by atoms with E-state index >= 15 is 0 Å². The van der Waals surface area contributed by atoms with Gasteiger partial charge in [0.2, 0.25) is 5.78 Å². The number of hydrogen-bond donors (Lipinski definition) is 0. The maximum absolute atomic E-state index is 12.9. The van der Waals surface area contributed by atoms with Gasteiger partial charge in [-0.05, 0) is 22.3 Å². The second kappa shape index (κ2) is 5.04. The monoisotopic (exact) mass is 296 g/mol. The Balaban J connectivity index is 2.16. The average Bonchev–Trinajstić information content (AvgIpc) is 2.95. The van der Waals surface area contributed by atoms with Crippen LogP contribution in [0.2, 0.25) is 0 Å². The SMILES string of the molecule is CC(C)(C)c1nnsc1C(=O)c1cccc2ccccc12. The topological polar surface area (TPSA) is 42.9 Å². The fraction of sp³-hybridized carbons (Fsp3) is 0.235. The van der Waals surface area contributed by atoms with Gasteiger partial charge in [0.05, 0.1) is 5.69 Å². The van der Waals surface area contributed by atoms with E-state index in [1.54, 1.807) is 0 Å². The molecule has 3 nitrogen and oxygen atoms in total. The molecule has 0 aliphatic heterocycles. The zero-order chi connectivity index (χ0) is 15.0. The molecule has 0 saturated carbocycles. The van der Waals surface area contributed by atoms with Crippen LogP contribution in [-0.2, 0) is 5.41 Å². The summed E-state index contributed by atoms with van der Waals surface area (Å²) in [5.41, 5.74) is 1.29. The Kier molecular flexibility index (Phi) is 3.33. The second-order valence-electron chi connectivity index (χ2n) is 6.06. The van der Waals surface area contributed by atoms with Crippen LogP contribution in [0.5, 0.6) is 0 Å². The van der Waals surface area contributed by atoms with Gasteiger partial charge in [0.25, 0.3) is 0 Å². The first-order valence-electron chi connectivity index (χ1n) is 6.84. The van der Waals surface area contributed by atoms with Gasteiger partial charge >= 0.3 is 0 Å². The lowest BCUT2D eigenvalue weighted by Gasteiger charge is -2.16. The van der Waals surface area contributed by atoms with Crippen LogP contribution in [0.15, 0.2) is 42.5 Å². The van der Waals surface area contributed by atoms with Crippen LogP contribution in [0.1, 0.15) is 41.7 Å². The van der Waals surface area contributed by atoms with Gasteiger partial charge in [-0.25, -0.2) is 0 Å². The molecule has 0 aliphatic rings. The van der Waals surface area contributed by atoms with E-state index in [1.165, 1.54) is 11.5 Å². The van der Waals surface area contributed by atoms with E-state index < -0.39 is 0 Å². The predicted molar refractivity (Wildman–Crippen MR) is 86.0 cm³/mol. The summed E-state index contributed by atoms with van der Waals surface area (Å²) in [6, 6.07) is 13.7.